The van der Waals surface area contributed by atoms with Crippen LogP contribution < -0.4 is 5.32 Å². The standard InChI is InChI=1S/C17H27N3/c1-12(18-11-16-3-4-19-20(16)2)17-8-13-5-14(9-17)7-15(6-13)10-17/h3-4,12-15,18H,5-11H2,1-2H3. The summed E-state index contributed by atoms with van der Waals surface area (Å²) in [6, 6.07) is 2.77. The molecule has 1 aromatic heterocycles. The van der Waals surface area contributed by atoms with E-state index in [4.69, 9.17) is 0 Å². The van der Waals surface area contributed by atoms with Crippen LogP contribution in [0, 0.1) is 23.2 Å². The van der Waals surface area contributed by atoms with Crippen molar-refractivity contribution in [2.75, 3.05) is 0 Å². The fourth-order valence-electron chi connectivity index (χ4n) is 5.76. The first-order valence-electron chi connectivity index (χ1n) is 8.35. The van der Waals surface area contributed by atoms with Crippen molar-refractivity contribution in [3.8, 4) is 0 Å². The van der Waals surface area contributed by atoms with Gasteiger partial charge in [0.1, 0.15) is 0 Å². The number of nitrogens with one attached hydrogen (secondary N) is 1. The van der Waals surface area contributed by atoms with Crippen LogP contribution in [-0.2, 0) is 13.6 Å². The molecule has 0 aromatic carbocycles. The van der Waals surface area contributed by atoms with Gasteiger partial charge in [0, 0.05) is 25.8 Å². The van der Waals surface area contributed by atoms with Gasteiger partial charge in [0.2, 0.25) is 0 Å². The van der Waals surface area contributed by atoms with E-state index in [9.17, 15) is 0 Å². The monoisotopic (exact) mass is 273 g/mol. The quantitative estimate of drug-likeness (QED) is 0.913. The van der Waals surface area contributed by atoms with Gasteiger partial charge in [-0.1, -0.05) is 0 Å². The van der Waals surface area contributed by atoms with E-state index in [1.165, 1.54) is 44.2 Å². The van der Waals surface area contributed by atoms with Gasteiger partial charge < -0.3 is 5.32 Å². The Morgan fingerprint density at radius 1 is 1.25 bits per heavy atom. The Labute approximate surface area is 122 Å². The second-order valence-corrected chi connectivity index (χ2v) is 7.83. The van der Waals surface area contributed by atoms with Gasteiger partial charge >= 0.3 is 0 Å². The molecular weight excluding hydrogens is 246 g/mol. The van der Waals surface area contributed by atoms with Crippen LogP contribution in [0.15, 0.2) is 12.3 Å². The lowest BCUT2D eigenvalue weighted by molar-refractivity contribution is -0.0707. The Balaban J connectivity index is 1.45. The molecule has 0 amide bonds. The minimum atomic E-state index is 0.605. The summed E-state index contributed by atoms with van der Waals surface area (Å²) in [5, 5.41) is 8.09. The first-order valence-corrected chi connectivity index (χ1v) is 8.35. The Kier molecular flexibility index (Phi) is 2.95. The third kappa shape index (κ3) is 2.02. The predicted octanol–water partition coefficient (Wildman–Crippen LogP) is 3.11. The highest BCUT2D eigenvalue weighted by molar-refractivity contribution is 5.06. The molecule has 4 aliphatic rings. The third-order valence-corrected chi connectivity index (χ3v) is 6.52. The van der Waals surface area contributed by atoms with E-state index >= 15 is 0 Å². The van der Waals surface area contributed by atoms with E-state index in [-0.39, 0.29) is 0 Å². The molecule has 1 unspecified atom stereocenters. The molecule has 1 N–H and O–H groups in total. The van der Waals surface area contributed by atoms with Gasteiger partial charge in [-0.15, -0.1) is 0 Å². The van der Waals surface area contributed by atoms with E-state index in [0.717, 1.165) is 24.3 Å². The maximum Gasteiger partial charge on any atom is 0.0518 e. The maximum absolute atomic E-state index is 4.26. The number of nitrogens with zero attached hydrogens (tertiary/aromatic N) is 2. The smallest absolute Gasteiger partial charge is 0.0518 e. The minimum Gasteiger partial charge on any atom is -0.308 e. The zero-order chi connectivity index (χ0) is 13.7. The van der Waals surface area contributed by atoms with Crippen molar-refractivity contribution in [2.45, 2.75) is 58.0 Å². The predicted molar refractivity (Wildman–Crippen MR) is 80.1 cm³/mol. The van der Waals surface area contributed by atoms with Crippen LogP contribution >= 0.6 is 0 Å². The van der Waals surface area contributed by atoms with Gasteiger partial charge in [-0.2, -0.15) is 5.10 Å². The highest BCUT2D eigenvalue weighted by Crippen LogP contribution is 2.61. The van der Waals surface area contributed by atoms with Crippen molar-refractivity contribution >= 4 is 0 Å². The van der Waals surface area contributed by atoms with Gasteiger partial charge in [0.05, 0.1) is 5.69 Å². The molecule has 110 valence electrons. The largest absolute Gasteiger partial charge is 0.308 e. The molecule has 4 bridgehead atoms. The zero-order valence-electron chi connectivity index (χ0n) is 12.8. The van der Waals surface area contributed by atoms with Crippen LogP contribution in [0.1, 0.15) is 51.1 Å². The summed E-state index contributed by atoms with van der Waals surface area (Å²) in [5.74, 6) is 3.13. The van der Waals surface area contributed by atoms with Gasteiger partial charge in [-0.25, -0.2) is 0 Å². The van der Waals surface area contributed by atoms with E-state index in [1.807, 2.05) is 17.9 Å². The van der Waals surface area contributed by atoms with Crippen molar-refractivity contribution in [1.82, 2.24) is 15.1 Å². The molecule has 4 aliphatic carbocycles. The fourth-order valence-corrected chi connectivity index (χ4v) is 5.76. The lowest BCUT2D eigenvalue weighted by Gasteiger charge is -2.59. The Morgan fingerprint density at radius 2 is 1.85 bits per heavy atom. The average molecular weight is 273 g/mol. The number of aryl methyl sites for hydroxylation is 1. The van der Waals surface area contributed by atoms with Gasteiger partial charge in [0.25, 0.3) is 0 Å². The normalized spacial score (nSPS) is 40.2. The van der Waals surface area contributed by atoms with E-state index in [1.54, 1.807) is 0 Å². The minimum absolute atomic E-state index is 0.605. The molecule has 5 rings (SSSR count). The number of rotatable bonds is 4. The molecule has 0 saturated heterocycles. The average Bonchev–Trinajstić information content (AvgIpc) is 2.80. The molecule has 4 fully saturated rings. The Hall–Kier alpha value is -0.830. The summed E-state index contributed by atoms with van der Waals surface area (Å²) in [4.78, 5) is 0. The maximum atomic E-state index is 4.26. The summed E-state index contributed by atoms with van der Waals surface area (Å²) < 4.78 is 1.99. The van der Waals surface area contributed by atoms with Gasteiger partial charge in [-0.3, -0.25) is 4.68 Å². The van der Waals surface area contributed by atoms with Gasteiger partial charge in [-0.05, 0) is 74.7 Å². The second-order valence-electron chi connectivity index (χ2n) is 7.83. The first-order chi connectivity index (χ1) is 9.64. The van der Waals surface area contributed by atoms with Crippen molar-refractivity contribution < 1.29 is 0 Å². The van der Waals surface area contributed by atoms with Gasteiger partial charge in [0.15, 0.2) is 0 Å². The summed E-state index contributed by atoms with van der Waals surface area (Å²) >= 11 is 0. The highest BCUT2D eigenvalue weighted by Gasteiger charge is 2.52. The first kappa shape index (κ1) is 12.9. The van der Waals surface area contributed by atoms with Crippen LogP contribution in [0.3, 0.4) is 0 Å². The summed E-state index contributed by atoms with van der Waals surface area (Å²) in [7, 11) is 2.03. The lowest BCUT2D eigenvalue weighted by atomic mass is 9.48. The fraction of sp³-hybridized carbons (Fsp3) is 0.824. The molecular formula is C17H27N3. The molecule has 20 heavy (non-hydrogen) atoms. The number of aromatic nitrogens is 2. The Morgan fingerprint density at radius 3 is 2.35 bits per heavy atom. The van der Waals surface area contributed by atoms with Crippen LogP contribution in [0.5, 0.6) is 0 Å². The molecule has 1 atom stereocenters. The van der Waals surface area contributed by atoms with Crippen molar-refractivity contribution in [3.63, 3.8) is 0 Å². The van der Waals surface area contributed by atoms with Crippen molar-refractivity contribution in [2.24, 2.45) is 30.2 Å². The summed E-state index contributed by atoms with van der Waals surface area (Å²) in [5.41, 5.74) is 1.90. The zero-order valence-corrected chi connectivity index (χ0v) is 12.8. The van der Waals surface area contributed by atoms with Crippen molar-refractivity contribution in [3.05, 3.63) is 18.0 Å². The van der Waals surface area contributed by atoms with Crippen molar-refractivity contribution in [1.29, 1.82) is 0 Å². The SMILES string of the molecule is CC(NCc1ccnn1C)C12CC3CC(CC(C3)C1)C2. The molecule has 3 heteroatoms. The van der Waals surface area contributed by atoms with E-state index in [0.29, 0.717) is 11.5 Å². The molecule has 1 heterocycles. The molecule has 0 spiro atoms. The molecule has 4 saturated carbocycles. The molecule has 3 nitrogen and oxygen atoms in total. The summed E-state index contributed by atoms with van der Waals surface area (Å²) in [6.07, 6.45) is 11.0. The van der Waals surface area contributed by atoms with E-state index in [2.05, 4.69) is 23.4 Å². The lowest BCUT2D eigenvalue weighted by Crippen LogP contribution is -2.54. The van der Waals surface area contributed by atoms with Crippen LogP contribution in [0.2, 0.25) is 0 Å². The van der Waals surface area contributed by atoms with Crippen LogP contribution in [-0.4, -0.2) is 15.8 Å². The van der Waals surface area contributed by atoms with Crippen LogP contribution in [0.25, 0.3) is 0 Å². The Bertz CT molecular complexity index is 455. The molecule has 0 aliphatic heterocycles. The molecule has 1 aromatic rings. The summed E-state index contributed by atoms with van der Waals surface area (Å²) in [6.45, 7) is 3.39. The third-order valence-electron chi connectivity index (χ3n) is 6.52. The number of hydrogen-bond acceptors (Lipinski definition) is 2. The van der Waals surface area contributed by atoms with Crippen LogP contribution in [0.4, 0.5) is 0 Å². The molecule has 0 radical (unpaired) electrons. The second kappa shape index (κ2) is 4.59. The van der Waals surface area contributed by atoms with E-state index < -0.39 is 0 Å². The topological polar surface area (TPSA) is 29.9 Å². The highest BCUT2D eigenvalue weighted by atomic mass is 15.3. The number of hydrogen-bond donors (Lipinski definition) is 1.